The van der Waals surface area contributed by atoms with Crippen LogP contribution >= 0.6 is 0 Å². The minimum absolute atomic E-state index is 0.0399. The average molecular weight is 771 g/mol. The van der Waals surface area contributed by atoms with E-state index in [9.17, 15) is 24.6 Å². The van der Waals surface area contributed by atoms with E-state index in [0.717, 1.165) is 22.3 Å². The molecule has 0 saturated carbocycles. The van der Waals surface area contributed by atoms with Crippen molar-refractivity contribution in [2.45, 2.75) is 57.3 Å². The summed E-state index contributed by atoms with van der Waals surface area (Å²) in [6.07, 6.45) is 0.103. The number of ether oxygens (including phenoxy) is 3. The number of rotatable bonds is 14. The van der Waals surface area contributed by atoms with E-state index in [0.29, 0.717) is 52.5 Å². The molecule has 2 aliphatic heterocycles. The van der Waals surface area contributed by atoms with Gasteiger partial charge in [-0.1, -0.05) is 60.7 Å². The highest BCUT2D eigenvalue weighted by molar-refractivity contribution is 5.79. The smallest absolute Gasteiger partial charge is 0.309 e. The summed E-state index contributed by atoms with van der Waals surface area (Å²) in [6, 6.07) is 33.3. The minimum Gasteiger partial charge on any atom is -0.497 e. The van der Waals surface area contributed by atoms with Crippen LogP contribution in [0.3, 0.4) is 0 Å². The Labute approximate surface area is 330 Å². The van der Waals surface area contributed by atoms with Gasteiger partial charge in [-0.25, -0.2) is 4.98 Å². The van der Waals surface area contributed by atoms with Crippen LogP contribution in [0.2, 0.25) is 0 Å². The maximum absolute atomic E-state index is 13.9. The molecule has 7 rings (SSSR count). The molecule has 2 atom stereocenters. The van der Waals surface area contributed by atoms with Gasteiger partial charge in [0.1, 0.15) is 28.3 Å². The Bertz CT molecular complexity index is 2340. The first-order valence-electron chi connectivity index (χ1n) is 19.0. The number of hydrogen-bond donors (Lipinski definition) is 2. The van der Waals surface area contributed by atoms with Gasteiger partial charge in [-0.3, -0.25) is 14.4 Å². The lowest BCUT2D eigenvalue weighted by molar-refractivity contribution is -0.146. The fraction of sp³-hybridized carbons (Fsp3) is 0.304. The molecule has 11 nitrogen and oxygen atoms in total. The van der Waals surface area contributed by atoms with Crippen molar-refractivity contribution in [3.8, 4) is 23.0 Å². The second kappa shape index (κ2) is 16.2. The number of hydrogen-bond acceptors (Lipinski definition) is 9. The third-order valence-electron chi connectivity index (χ3n) is 10.8. The number of fused-ring (bicyclic) bond motifs is 2. The maximum atomic E-state index is 13.9. The third kappa shape index (κ3) is 8.12. The molecule has 0 bridgehead atoms. The number of aliphatic hydroxyl groups excluding tert-OH is 1. The largest absolute Gasteiger partial charge is 0.497 e. The lowest BCUT2D eigenvalue weighted by atomic mass is 9.80. The number of benzene rings is 5. The molecule has 1 fully saturated rings. The van der Waals surface area contributed by atoms with Gasteiger partial charge in [0.05, 0.1) is 38.4 Å². The Hall–Kier alpha value is -6.04. The van der Waals surface area contributed by atoms with Crippen molar-refractivity contribution in [2.75, 3.05) is 27.4 Å². The van der Waals surface area contributed by atoms with Crippen LogP contribution < -0.4 is 14.9 Å². The second-order valence-corrected chi connectivity index (χ2v) is 15.2. The van der Waals surface area contributed by atoms with Crippen LogP contribution in [-0.2, 0) is 32.8 Å². The van der Waals surface area contributed by atoms with Gasteiger partial charge in [-0.2, -0.15) is 0 Å². The Balaban J connectivity index is 1.12. The number of carbonyl (C=O) groups excluding carboxylic acids is 1. The van der Waals surface area contributed by atoms with Crippen LogP contribution in [0.15, 0.2) is 118 Å². The van der Waals surface area contributed by atoms with Gasteiger partial charge in [0.15, 0.2) is 16.8 Å². The predicted molar refractivity (Wildman–Crippen MR) is 215 cm³/mol. The molecule has 2 heterocycles. The van der Waals surface area contributed by atoms with E-state index in [1.54, 1.807) is 51.2 Å². The zero-order valence-electron chi connectivity index (χ0n) is 32.4. The minimum atomic E-state index is -1.09. The molecule has 4 aromatic rings. The first kappa shape index (κ1) is 39.2. The molecule has 0 unspecified atom stereocenters. The molecule has 0 radical (unpaired) electrons. The topological polar surface area (TPSA) is 149 Å². The van der Waals surface area contributed by atoms with E-state index in [2.05, 4.69) is 0 Å². The molecule has 294 valence electrons. The molecular weight excluding hydrogens is 725 g/mol. The lowest BCUT2D eigenvalue weighted by Gasteiger charge is -2.38. The van der Waals surface area contributed by atoms with Gasteiger partial charge in [0.25, 0.3) is 0 Å². The highest BCUT2D eigenvalue weighted by Crippen LogP contribution is 2.42. The molecule has 1 amide bonds. The van der Waals surface area contributed by atoms with Crippen molar-refractivity contribution in [2.24, 2.45) is 5.41 Å². The van der Waals surface area contributed by atoms with Crippen LogP contribution in [0, 0.1) is 5.41 Å². The summed E-state index contributed by atoms with van der Waals surface area (Å²) >= 11 is 0. The first-order valence-corrected chi connectivity index (χ1v) is 19.0. The van der Waals surface area contributed by atoms with E-state index in [1.807, 2.05) is 84.9 Å². The van der Waals surface area contributed by atoms with E-state index in [1.165, 1.54) is 6.07 Å². The summed E-state index contributed by atoms with van der Waals surface area (Å²) in [5.41, 5.74) is 2.93. The number of amides is 1. The molecule has 57 heavy (non-hydrogen) atoms. The van der Waals surface area contributed by atoms with Crippen LogP contribution in [0.4, 0.5) is 0 Å². The van der Waals surface area contributed by atoms with Crippen molar-refractivity contribution in [3.05, 3.63) is 147 Å². The van der Waals surface area contributed by atoms with E-state index in [-0.39, 0.29) is 37.3 Å². The third-order valence-corrected chi connectivity index (χ3v) is 10.8. The second-order valence-electron chi connectivity index (χ2n) is 15.2. The molecule has 1 saturated heterocycles. The molecule has 3 aliphatic rings. The fourth-order valence-electron chi connectivity index (χ4n) is 7.67. The fourth-order valence-corrected chi connectivity index (χ4v) is 7.67. The van der Waals surface area contributed by atoms with E-state index >= 15 is 0 Å². The Morgan fingerprint density at radius 2 is 1.49 bits per heavy atom. The van der Waals surface area contributed by atoms with Crippen molar-refractivity contribution in [1.82, 2.24) is 9.88 Å². The number of carboxylic acids is 1. The molecule has 11 heteroatoms. The monoisotopic (exact) mass is 770 g/mol. The number of likely N-dealkylation sites (tertiary alicyclic amines) is 1. The van der Waals surface area contributed by atoms with Crippen molar-refractivity contribution in [1.29, 1.82) is 0 Å². The molecule has 0 aromatic heterocycles. The van der Waals surface area contributed by atoms with Gasteiger partial charge in [0.2, 0.25) is 5.91 Å². The number of β-amino-alcohol motifs (C(OH)–C–C–N with tert-alkyl or cyclic N) is 1. The van der Waals surface area contributed by atoms with Crippen molar-refractivity contribution >= 4 is 23.0 Å². The highest BCUT2D eigenvalue weighted by atomic mass is 16.5. The summed E-state index contributed by atoms with van der Waals surface area (Å²) < 4.78 is 24.1. The zero-order chi connectivity index (χ0) is 40.3. The summed E-state index contributed by atoms with van der Waals surface area (Å²) in [5, 5.41) is 20.4. The summed E-state index contributed by atoms with van der Waals surface area (Å²) in [5.74, 6) is 0.595. The number of carbonyl (C=O) groups is 2. The van der Waals surface area contributed by atoms with Gasteiger partial charge in [-0.15, -0.1) is 0 Å². The molecular formula is C46H46N2O9. The molecule has 1 aliphatic carbocycles. The van der Waals surface area contributed by atoms with Crippen LogP contribution in [0.25, 0.3) is 22.6 Å². The number of aliphatic hydroxyl groups is 1. The SMILES string of the molecule is COc1ccc(C(OC[C@@H]2C[C@@H](O)CN2C(=O)CCc2cc3nc4ccc(CC(C)(C)C(=O)O)cc4oc-3cc2=O)(c2ccccc2)c2ccc(OC)cc2)cc1. The quantitative estimate of drug-likeness (QED) is 0.0889. The summed E-state index contributed by atoms with van der Waals surface area (Å²) in [6.45, 7) is 3.59. The van der Waals surface area contributed by atoms with E-state index < -0.39 is 29.1 Å². The zero-order valence-corrected chi connectivity index (χ0v) is 32.4. The first-order chi connectivity index (χ1) is 27.4. The Morgan fingerprint density at radius 3 is 2.11 bits per heavy atom. The van der Waals surface area contributed by atoms with Gasteiger partial charge in [0, 0.05) is 24.6 Å². The van der Waals surface area contributed by atoms with E-state index in [4.69, 9.17) is 23.6 Å². The predicted octanol–water partition coefficient (Wildman–Crippen LogP) is 6.87. The molecule has 0 spiro atoms. The van der Waals surface area contributed by atoms with Gasteiger partial charge < -0.3 is 33.7 Å². The normalized spacial score (nSPS) is 15.9. The van der Waals surface area contributed by atoms with Crippen molar-refractivity contribution in [3.63, 3.8) is 0 Å². The Morgan fingerprint density at radius 1 is 0.860 bits per heavy atom. The average Bonchev–Trinajstić information content (AvgIpc) is 3.60. The standard InChI is InChI=1S/C46H46N2O9/c1-45(2,44(52)53)26-29-10-20-38-41(22-29)57-42-25-40(50)30(23-39(42)47-38)11-21-43(51)48-27-35(49)24-34(48)28-56-46(31-8-6-5-7-9-31,32-12-16-36(54-3)17-13-32)33-14-18-37(55-4)19-15-33/h5-10,12-20,22-23,25,34-35,49H,11,21,24,26-28H2,1-4H3,(H,52,53)/t34-,35+/m0/s1. The summed E-state index contributed by atoms with van der Waals surface area (Å²) in [7, 11) is 3.24. The Kier molecular flexibility index (Phi) is 11.1. The number of aliphatic carboxylic acids is 1. The van der Waals surface area contributed by atoms with Gasteiger partial charge >= 0.3 is 5.97 Å². The number of nitrogens with zero attached hydrogens (tertiary/aromatic N) is 2. The number of methoxy groups -OCH3 is 2. The summed E-state index contributed by atoms with van der Waals surface area (Å²) in [4.78, 5) is 45.3. The number of carboxylic acid groups (broad SMARTS) is 1. The molecule has 2 N–H and O–H groups in total. The lowest BCUT2D eigenvalue weighted by Crippen LogP contribution is -2.42. The number of aryl methyl sites for hydroxylation is 1. The van der Waals surface area contributed by atoms with Crippen molar-refractivity contribution < 1.29 is 38.4 Å². The van der Waals surface area contributed by atoms with Crippen LogP contribution in [0.5, 0.6) is 11.5 Å². The van der Waals surface area contributed by atoms with Gasteiger partial charge in [-0.05, 0) is 97.8 Å². The number of aromatic nitrogens is 1. The molecule has 4 aromatic carbocycles. The van der Waals surface area contributed by atoms with Crippen LogP contribution in [0.1, 0.15) is 54.5 Å². The maximum Gasteiger partial charge on any atom is 0.309 e. The van der Waals surface area contributed by atoms with Crippen LogP contribution in [-0.4, -0.2) is 71.5 Å². The highest BCUT2D eigenvalue weighted by Gasteiger charge is 2.41.